The summed E-state index contributed by atoms with van der Waals surface area (Å²) >= 11 is 4.96. The van der Waals surface area contributed by atoms with Gasteiger partial charge in [0, 0.05) is 10.9 Å². The number of thiophene rings is 1. The smallest absolute Gasteiger partial charge is 0.174 e. The minimum atomic E-state index is 0.282. The van der Waals surface area contributed by atoms with Gasteiger partial charge in [-0.1, -0.05) is 6.92 Å². The van der Waals surface area contributed by atoms with Gasteiger partial charge in [0.25, 0.3) is 0 Å². The highest BCUT2D eigenvalue weighted by Gasteiger charge is 2.23. The van der Waals surface area contributed by atoms with E-state index >= 15 is 0 Å². The summed E-state index contributed by atoms with van der Waals surface area (Å²) in [6, 6.07) is 1.95. The van der Waals surface area contributed by atoms with Gasteiger partial charge >= 0.3 is 0 Å². The van der Waals surface area contributed by atoms with E-state index in [-0.39, 0.29) is 5.78 Å². The number of carbonyl (C=O) groups is 1. The highest BCUT2D eigenvalue weighted by Crippen LogP contribution is 2.28. The largest absolute Gasteiger partial charge is 0.316 e. The van der Waals surface area contributed by atoms with Crippen molar-refractivity contribution >= 4 is 33.0 Å². The topological polar surface area (TPSA) is 29.1 Å². The highest BCUT2D eigenvalue weighted by atomic mass is 79.9. The molecule has 1 saturated heterocycles. The Labute approximate surface area is 115 Å². The van der Waals surface area contributed by atoms with Crippen LogP contribution in [0.15, 0.2) is 15.9 Å². The number of carbonyl (C=O) groups excluding carboxylic acids is 1. The quantitative estimate of drug-likeness (QED) is 0.858. The van der Waals surface area contributed by atoms with Crippen molar-refractivity contribution < 1.29 is 4.79 Å². The van der Waals surface area contributed by atoms with Crippen molar-refractivity contribution in [3.05, 3.63) is 20.8 Å². The normalized spacial score (nSPS) is 22.4. The summed E-state index contributed by atoms with van der Waals surface area (Å²) in [4.78, 5) is 13.0. The molecule has 17 heavy (non-hydrogen) atoms. The third kappa shape index (κ3) is 3.39. The summed E-state index contributed by atoms with van der Waals surface area (Å²) in [5.41, 5.74) is 0. The van der Waals surface area contributed by atoms with Gasteiger partial charge in [-0.05, 0) is 65.1 Å². The second-order valence-corrected chi connectivity index (χ2v) is 6.58. The molecule has 1 aliphatic rings. The van der Waals surface area contributed by atoms with Gasteiger partial charge in [-0.25, -0.2) is 0 Å². The number of piperidine rings is 1. The van der Waals surface area contributed by atoms with Crippen LogP contribution in [0, 0.1) is 11.8 Å². The number of ketones is 1. The van der Waals surface area contributed by atoms with E-state index in [4.69, 9.17) is 0 Å². The molecule has 4 heteroatoms. The standard InChI is InChI=1S/C13H18BrNOS/c1-9(10-3-2-5-15-8-10)7-12(16)13-11(14)4-6-17-13/h4,6,9-10,15H,2-3,5,7-8H2,1H3. The minimum Gasteiger partial charge on any atom is -0.316 e. The van der Waals surface area contributed by atoms with Crippen molar-refractivity contribution in [2.45, 2.75) is 26.2 Å². The molecule has 0 aromatic carbocycles. The second kappa shape index (κ2) is 6.12. The fraction of sp³-hybridized carbons (Fsp3) is 0.615. The monoisotopic (exact) mass is 315 g/mol. The van der Waals surface area contributed by atoms with Gasteiger partial charge in [-0.2, -0.15) is 0 Å². The van der Waals surface area contributed by atoms with Crippen molar-refractivity contribution in [1.82, 2.24) is 5.32 Å². The van der Waals surface area contributed by atoms with Crippen LogP contribution in [0.5, 0.6) is 0 Å². The Kier molecular flexibility index (Phi) is 4.77. The van der Waals surface area contributed by atoms with Crippen LogP contribution < -0.4 is 5.32 Å². The van der Waals surface area contributed by atoms with Gasteiger partial charge in [-0.15, -0.1) is 11.3 Å². The van der Waals surface area contributed by atoms with Crippen LogP contribution >= 0.6 is 27.3 Å². The zero-order chi connectivity index (χ0) is 12.3. The lowest BCUT2D eigenvalue weighted by Crippen LogP contribution is -2.33. The van der Waals surface area contributed by atoms with Crippen molar-refractivity contribution in [1.29, 1.82) is 0 Å². The second-order valence-electron chi connectivity index (χ2n) is 4.81. The highest BCUT2D eigenvalue weighted by molar-refractivity contribution is 9.10. The number of halogens is 1. The van der Waals surface area contributed by atoms with E-state index in [1.807, 2.05) is 11.4 Å². The SMILES string of the molecule is CC(CC(=O)c1sccc1Br)C1CCCNC1. The Balaban J connectivity index is 1.92. The predicted molar refractivity (Wildman–Crippen MR) is 75.7 cm³/mol. The minimum absolute atomic E-state index is 0.282. The first kappa shape index (κ1) is 13.2. The first-order valence-electron chi connectivity index (χ1n) is 6.15. The first-order chi connectivity index (χ1) is 8.18. The van der Waals surface area contributed by atoms with Crippen LogP contribution in [0.4, 0.5) is 0 Å². The fourth-order valence-corrected chi connectivity index (χ4v) is 3.95. The maximum Gasteiger partial charge on any atom is 0.174 e. The molecule has 0 radical (unpaired) electrons. The van der Waals surface area contributed by atoms with Crippen molar-refractivity contribution in [2.75, 3.05) is 13.1 Å². The molecule has 0 spiro atoms. The zero-order valence-electron chi connectivity index (χ0n) is 10.0. The fourth-order valence-electron chi connectivity index (χ4n) is 2.41. The molecule has 2 atom stereocenters. The van der Waals surface area contributed by atoms with Gasteiger partial charge in [0.15, 0.2) is 5.78 Å². The molecular weight excluding hydrogens is 298 g/mol. The summed E-state index contributed by atoms with van der Waals surface area (Å²) in [7, 11) is 0. The lowest BCUT2D eigenvalue weighted by Gasteiger charge is -2.27. The summed E-state index contributed by atoms with van der Waals surface area (Å²) in [6.07, 6.45) is 3.17. The lowest BCUT2D eigenvalue weighted by molar-refractivity contribution is 0.0946. The Morgan fingerprint density at radius 2 is 2.53 bits per heavy atom. The van der Waals surface area contributed by atoms with Crippen LogP contribution in [0.3, 0.4) is 0 Å². The van der Waals surface area contributed by atoms with Crippen LogP contribution in [-0.4, -0.2) is 18.9 Å². The molecule has 1 aromatic heterocycles. The van der Waals surface area contributed by atoms with E-state index in [1.54, 1.807) is 0 Å². The van der Waals surface area contributed by atoms with Gasteiger partial charge in [0.2, 0.25) is 0 Å². The van der Waals surface area contributed by atoms with Crippen molar-refractivity contribution in [3.63, 3.8) is 0 Å². The molecular formula is C13H18BrNOS. The molecule has 2 heterocycles. The Bertz CT molecular complexity index is 385. The maximum atomic E-state index is 12.1. The molecule has 2 rings (SSSR count). The summed E-state index contributed by atoms with van der Waals surface area (Å²) < 4.78 is 0.946. The first-order valence-corrected chi connectivity index (χ1v) is 7.82. The number of Topliss-reactive ketones (excluding diaryl/α,β-unsaturated/α-hetero) is 1. The molecule has 2 nitrogen and oxygen atoms in total. The van der Waals surface area contributed by atoms with E-state index in [2.05, 4.69) is 28.2 Å². The zero-order valence-corrected chi connectivity index (χ0v) is 12.4. The lowest BCUT2D eigenvalue weighted by atomic mass is 9.84. The average Bonchev–Trinajstić information content (AvgIpc) is 2.76. The molecule has 1 aromatic rings. The van der Waals surface area contributed by atoms with Gasteiger partial charge in [0.05, 0.1) is 4.88 Å². The Hall–Kier alpha value is -0.190. The molecule has 2 unspecified atom stereocenters. The van der Waals surface area contributed by atoms with Crippen LogP contribution in [0.1, 0.15) is 35.9 Å². The van der Waals surface area contributed by atoms with E-state index in [9.17, 15) is 4.79 Å². The molecule has 0 saturated carbocycles. The van der Waals surface area contributed by atoms with Crippen LogP contribution in [0.25, 0.3) is 0 Å². The van der Waals surface area contributed by atoms with Gasteiger partial charge in [0.1, 0.15) is 0 Å². The third-order valence-corrected chi connectivity index (χ3v) is 5.40. The average molecular weight is 316 g/mol. The molecule has 1 aliphatic heterocycles. The van der Waals surface area contributed by atoms with Crippen molar-refractivity contribution in [3.8, 4) is 0 Å². The Morgan fingerprint density at radius 3 is 3.12 bits per heavy atom. The number of nitrogens with one attached hydrogen (secondary N) is 1. The van der Waals surface area contributed by atoms with E-state index in [1.165, 1.54) is 24.2 Å². The van der Waals surface area contributed by atoms with Gasteiger partial charge in [-0.3, -0.25) is 4.79 Å². The number of hydrogen-bond acceptors (Lipinski definition) is 3. The predicted octanol–water partition coefficient (Wildman–Crippen LogP) is 3.72. The van der Waals surface area contributed by atoms with E-state index < -0.39 is 0 Å². The van der Waals surface area contributed by atoms with Crippen molar-refractivity contribution in [2.24, 2.45) is 11.8 Å². The molecule has 1 N–H and O–H groups in total. The van der Waals surface area contributed by atoms with Crippen LogP contribution in [0.2, 0.25) is 0 Å². The molecule has 0 aliphatic carbocycles. The number of hydrogen-bond donors (Lipinski definition) is 1. The maximum absolute atomic E-state index is 12.1. The van der Waals surface area contributed by atoms with E-state index in [0.29, 0.717) is 18.3 Å². The number of rotatable bonds is 4. The van der Waals surface area contributed by atoms with Gasteiger partial charge < -0.3 is 5.32 Å². The molecule has 94 valence electrons. The van der Waals surface area contributed by atoms with Crippen LogP contribution in [-0.2, 0) is 0 Å². The third-order valence-electron chi connectivity index (χ3n) is 3.52. The van der Waals surface area contributed by atoms with E-state index in [0.717, 1.165) is 22.4 Å². The molecule has 0 bridgehead atoms. The molecule has 1 fully saturated rings. The molecule has 0 amide bonds. The Morgan fingerprint density at radius 1 is 1.71 bits per heavy atom. The summed E-state index contributed by atoms with van der Waals surface area (Å²) in [5, 5.41) is 5.38. The summed E-state index contributed by atoms with van der Waals surface area (Å²) in [5.74, 6) is 1.42. The summed E-state index contributed by atoms with van der Waals surface area (Å²) in [6.45, 7) is 4.41.